The molecule has 1 saturated heterocycles. The molecule has 0 aromatic rings. The number of ketones is 1. The van der Waals surface area contributed by atoms with E-state index in [-0.39, 0.29) is 24.3 Å². The van der Waals surface area contributed by atoms with Gasteiger partial charge >= 0.3 is 5.97 Å². The summed E-state index contributed by atoms with van der Waals surface area (Å²) in [4.78, 5) is 35.7. The predicted octanol–water partition coefficient (Wildman–Crippen LogP) is 0.375. The first kappa shape index (κ1) is 12.7. The highest BCUT2D eigenvalue weighted by molar-refractivity contribution is 6.01. The molecule has 0 saturated carbocycles. The van der Waals surface area contributed by atoms with Crippen LogP contribution in [0.15, 0.2) is 0 Å². The third-order valence-electron chi connectivity index (χ3n) is 2.50. The summed E-state index contributed by atoms with van der Waals surface area (Å²) < 4.78 is 4.99. The molecule has 0 bridgehead atoms. The second-order valence-electron chi connectivity index (χ2n) is 4.23. The quantitative estimate of drug-likeness (QED) is 0.505. The first-order chi connectivity index (χ1) is 7.41. The van der Waals surface area contributed by atoms with Gasteiger partial charge in [0.25, 0.3) is 0 Å². The van der Waals surface area contributed by atoms with Gasteiger partial charge in [0.1, 0.15) is 5.92 Å². The van der Waals surface area contributed by atoms with Gasteiger partial charge < -0.3 is 9.64 Å². The summed E-state index contributed by atoms with van der Waals surface area (Å²) in [5.41, 5.74) is 0. The number of Topliss-reactive ketones (excluding diaryl/α,β-unsaturated/α-hetero) is 1. The summed E-state index contributed by atoms with van der Waals surface area (Å²) in [6.07, 6.45) is 0.149. The second kappa shape index (κ2) is 5.09. The fraction of sp³-hybridized carbons (Fsp3) is 0.727. The lowest BCUT2D eigenvalue weighted by molar-refractivity contribution is -0.158. The Bertz CT molecular complexity index is 311. The molecule has 0 aromatic heterocycles. The molecule has 1 fully saturated rings. The molecule has 1 atom stereocenters. The lowest BCUT2D eigenvalue weighted by Gasteiger charge is -2.29. The van der Waals surface area contributed by atoms with Gasteiger partial charge in [-0.15, -0.1) is 0 Å². The molecule has 0 spiro atoms. The van der Waals surface area contributed by atoms with Gasteiger partial charge in [0, 0.05) is 13.5 Å². The number of likely N-dealkylation sites (tertiary alicyclic amines) is 1. The first-order valence-electron chi connectivity index (χ1n) is 5.40. The highest BCUT2D eigenvalue weighted by Crippen LogP contribution is 2.16. The maximum absolute atomic E-state index is 11.6. The van der Waals surface area contributed by atoms with Gasteiger partial charge in [0.05, 0.1) is 12.6 Å². The number of hydrogen-bond acceptors (Lipinski definition) is 4. The van der Waals surface area contributed by atoms with Gasteiger partial charge in [-0.05, 0) is 20.3 Å². The summed E-state index contributed by atoms with van der Waals surface area (Å²) in [5.74, 6) is -1.53. The van der Waals surface area contributed by atoms with Gasteiger partial charge in [0.2, 0.25) is 5.91 Å². The van der Waals surface area contributed by atoms with Crippen molar-refractivity contribution in [1.82, 2.24) is 4.90 Å². The molecular formula is C11H17NO4. The van der Waals surface area contributed by atoms with Gasteiger partial charge in [-0.3, -0.25) is 14.4 Å². The smallest absolute Gasteiger partial charge is 0.316 e. The van der Waals surface area contributed by atoms with Crippen molar-refractivity contribution in [3.8, 4) is 0 Å². The van der Waals surface area contributed by atoms with Crippen LogP contribution in [0.5, 0.6) is 0 Å². The Morgan fingerprint density at radius 3 is 2.50 bits per heavy atom. The number of ether oxygens (including phenoxy) is 1. The summed E-state index contributed by atoms with van der Waals surface area (Å²) in [6.45, 7) is 5.37. The predicted molar refractivity (Wildman–Crippen MR) is 56.6 cm³/mol. The van der Waals surface area contributed by atoms with E-state index >= 15 is 0 Å². The number of carbonyl (C=O) groups is 3. The first-order valence-corrected chi connectivity index (χ1v) is 5.40. The lowest BCUT2D eigenvalue weighted by Crippen LogP contribution is -2.46. The van der Waals surface area contributed by atoms with Crippen molar-refractivity contribution in [3.63, 3.8) is 0 Å². The van der Waals surface area contributed by atoms with Crippen LogP contribution in [0.1, 0.15) is 27.2 Å². The number of nitrogens with zero attached hydrogens (tertiary/aromatic N) is 1. The number of carbonyl (C=O) groups excluding carboxylic acids is 3. The minimum absolute atomic E-state index is 0.0210. The average molecular weight is 227 g/mol. The van der Waals surface area contributed by atoms with E-state index in [1.165, 1.54) is 11.8 Å². The Kier molecular flexibility index (Phi) is 4.04. The molecule has 0 radical (unpaired) electrons. The molecular weight excluding hydrogens is 210 g/mol. The normalized spacial score (nSPS) is 21.1. The monoisotopic (exact) mass is 227 g/mol. The molecule has 1 amide bonds. The van der Waals surface area contributed by atoms with Crippen LogP contribution < -0.4 is 0 Å². The zero-order chi connectivity index (χ0) is 12.3. The van der Waals surface area contributed by atoms with Gasteiger partial charge in [-0.2, -0.15) is 0 Å². The number of hydrogen-bond donors (Lipinski definition) is 0. The van der Waals surface area contributed by atoms with Crippen LogP contribution in [-0.4, -0.2) is 41.8 Å². The van der Waals surface area contributed by atoms with E-state index in [0.29, 0.717) is 13.0 Å². The zero-order valence-electron chi connectivity index (χ0n) is 9.86. The van der Waals surface area contributed by atoms with E-state index in [9.17, 15) is 14.4 Å². The fourth-order valence-electron chi connectivity index (χ4n) is 1.66. The summed E-state index contributed by atoms with van der Waals surface area (Å²) in [5, 5.41) is 0. The number of piperidine rings is 1. The molecule has 0 aliphatic carbocycles. The van der Waals surface area contributed by atoms with E-state index in [1.54, 1.807) is 13.8 Å². The maximum Gasteiger partial charge on any atom is 0.316 e. The van der Waals surface area contributed by atoms with Crippen LogP contribution in [0.2, 0.25) is 0 Å². The highest BCUT2D eigenvalue weighted by atomic mass is 16.5. The second-order valence-corrected chi connectivity index (χ2v) is 4.23. The third-order valence-corrected chi connectivity index (χ3v) is 2.50. The number of rotatable bonds is 2. The fourth-order valence-corrected chi connectivity index (χ4v) is 1.66. The van der Waals surface area contributed by atoms with Crippen LogP contribution in [0.25, 0.3) is 0 Å². The van der Waals surface area contributed by atoms with E-state index in [0.717, 1.165) is 0 Å². The molecule has 1 rings (SSSR count). The van der Waals surface area contributed by atoms with Crippen LogP contribution in [0.4, 0.5) is 0 Å². The van der Waals surface area contributed by atoms with E-state index in [4.69, 9.17) is 4.74 Å². The number of esters is 1. The molecule has 90 valence electrons. The molecule has 0 N–H and O–H groups in total. The topological polar surface area (TPSA) is 63.7 Å². The molecule has 5 nitrogen and oxygen atoms in total. The minimum atomic E-state index is -0.696. The average Bonchev–Trinajstić information content (AvgIpc) is 2.15. The van der Waals surface area contributed by atoms with Gasteiger partial charge in [-0.25, -0.2) is 0 Å². The molecule has 1 unspecified atom stereocenters. The minimum Gasteiger partial charge on any atom is -0.462 e. The third kappa shape index (κ3) is 3.05. The van der Waals surface area contributed by atoms with Crippen molar-refractivity contribution in [2.45, 2.75) is 33.3 Å². The van der Waals surface area contributed by atoms with Crippen LogP contribution in [0, 0.1) is 5.92 Å². The largest absolute Gasteiger partial charge is 0.462 e. The Morgan fingerprint density at radius 1 is 1.44 bits per heavy atom. The lowest BCUT2D eigenvalue weighted by atomic mass is 9.95. The maximum atomic E-state index is 11.6. The molecule has 16 heavy (non-hydrogen) atoms. The van der Waals surface area contributed by atoms with Crippen LogP contribution >= 0.6 is 0 Å². The Hall–Kier alpha value is -1.39. The molecule has 1 aliphatic heterocycles. The molecule has 5 heteroatoms. The zero-order valence-corrected chi connectivity index (χ0v) is 9.86. The number of amides is 1. The molecule has 1 aliphatic rings. The van der Waals surface area contributed by atoms with Crippen LogP contribution in [0.3, 0.4) is 0 Å². The summed E-state index contributed by atoms with van der Waals surface area (Å²) >= 11 is 0. The van der Waals surface area contributed by atoms with Gasteiger partial charge in [0.15, 0.2) is 5.78 Å². The molecule has 0 aromatic carbocycles. The van der Waals surface area contributed by atoms with E-state index in [1.807, 2.05) is 0 Å². The van der Waals surface area contributed by atoms with Crippen molar-refractivity contribution in [2.24, 2.45) is 5.92 Å². The molecule has 1 heterocycles. The summed E-state index contributed by atoms with van der Waals surface area (Å²) in [6, 6.07) is 0. The SMILES string of the molecule is CC(=O)N1CCC(C(=O)OC(C)C)C(=O)C1. The Labute approximate surface area is 94.7 Å². The van der Waals surface area contributed by atoms with Crippen molar-refractivity contribution in [3.05, 3.63) is 0 Å². The standard InChI is InChI=1S/C11H17NO4/c1-7(2)16-11(15)9-4-5-12(8(3)13)6-10(9)14/h7,9H,4-6H2,1-3H3. The van der Waals surface area contributed by atoms with Crippen molar-refractivity contribution >= 4 is 17.7 Å². The van der Waals surface area contributed by atoms with E-state index in [2.05, 4.69) is 0 Å². The van der Waals surface area contributed by atoms with Crippen molar-refractivity contribution in [1.29, 1.82) is 0 Å². The Balaban J connectivity index is 2.57. The van der Waals surface area contributed by atoms with E-state index < -0.39 is 11.9 Å². The highest BCUT2D eigenvalue weighted by Gasteiger charge is 2.34. The summed E-state index contributed by atoms with van der Waals surface area (Å²) in [7, 11) is 0. The van der Waals surface area contributed by atoms with Crippen LogP contribution in [-0.2, 0) is 19.1 Å². The Morgan fingerprint density at radius 2 is 2.06 bits per heavy atom. The van der Waals surface area contributed by atoms with Crippen molar-refractivity contribution < 1.29 is 19.1 Å². The van der Waals surface area contributed by atoms with Gasteiger partial charge in [-0.1, -0.05) is 0 Å². The van der Waals surface area contributed by atoms with Crippen molar-refractivity contribution in [2.75, 3.05) is 13.1 Å².